The van der Waals surface area contributed by atoms with E-state index in [4.69, 9.17) is 4.74 Å². The Balaban J connectivity index is 1.60. The highest BCUT2D eigenvalue weighted by atomic mass is 16.5. The predicted molar refractivity (Wildman–Crippen MR) is 108 cm³/mol. The summed E-state index contributed by atoms with van der Waals surface area (Å²) in [5.74, 6) is 0.891. The standard InChI is InChI=1S/C22H29N3O3/c1-13(25-15(3)21(16(4)26)14(2)24-25)9-20(27)23-12-17-7-8-19-18(10-17)11-22(5,6)28-19/h7-8,10,13H,9,11-12H2,1-6H3,(H,23,27)/t13-/m1/s1. The maximum absolute atomic E-state index is 12.4. The quantitative estimate of drug-likeness (QED) is 0.772. The summed E-state index contributed by atoms with van der Waals surface area (Å²) in [6.45, 7) is 11.8. The molecule has 0 aliphatic carbocycles. The van der Waals surface area contributed by atoms with E-state index >= 15 is 0 Å². The number of hydrogen-bond acceptors (Lipinski definition) is 4. The molecule has 0 saturated heterocycles. The Morgan fingerprint density at radius 2 is 2.04 bits per heavy atom. The molecular weight excluding hydrogens is 354 g/mol. The number of hydrogen-bond donors (Lipinski definition) is 1. The molecule has 1 aromatic carbocycles. The third-order valence-corrected chi connectivity index (χ3v) is 5.19. The van der Waals surface area contributed by atoms with Crippen molar-refractivity contribution in [1.29, 1.82) is 0 Å². The third-order valence-electron chi connectivity index (χ3n) is 5.19. The van der Waals surface area contributed by atoms with Gasteiger partial charge in [-0.15, -0.1) is 0 Å². The van der Waals surface area contributed by atoms with Crippen molar-refractivity contribution in [2.75, 3.05) is 0 Å². The summed E-state index contributed by atoms with van der Waals surface area (Å²) in [5.41, 5.74) is 4.25. The molecule has 3 rings (SSSR count). The van der Waals surface area contributed by atoms with Gasteiger partial charge in [-0.25, -0.2) is 0 Å². The third kappa shape index (κ3) is 4.11. The fourth-order valence-corrected chi connectivity index (χ4v) is 4.00. The summed E-state index contributed by atoms with van der Waals surface area (Å²) < 4.78 is 7.67. The highest BCUT2D eigenvalue weighted by molar-refractivity contribution is 5.96. The second kappa shape index (κ2) is 7.41. The summed E-state index contributed by atoms with van der Waals surface area (Å²) in [7, 11) is 0. The summed E-state index contributed by atoms with van der Waals surface area (Å²) >= 11 is 0. The van der Waals surface area contributed by atoms with Crippen molar-refractivity contribution in [3.8, 4) is 5.75 Å². The van der Waals surface area contributed by atoms with Crippen LogP contribution in [0.5, 0.6) is 5.75 Å². The highest BCUT2D eigenvalue weighted by Gasteiger charge is 2.29. The second-order valence-corrected chi connectivity index (χ2v) is 8.36. The molecule has 1 aliphatic rings. The maximum Gasteiger partial charge on any atom is 0.222 e. The minimum Gasteiger partial charge on any atom is -0.487 e. The van der Waals surface area contributed by atoms with Crippen LogP contribution < -0.4 is 10.1 Å². The number of ether oxygens (including phenoxy) is 1. The number of amides is 1. The average molecular weight is 383 g/mol. The van der Waals surface area contributed by atoms with Crippen LogP contribution in [0.15, 0.2) is 18.2 Å². The number of aromatic nitrogens is 2. The molecule has 0 spiro atoms. The molecule has 1 atom stereocenters. The number of fused-ring (bicyclic) bond motifs is 1. The van der Waals surface area contributed by atoms with Crippen molar-refractivity contribution in [2.24, 2.45) is 0 Å². The van der Waals surface area contributed by atoms with Gasteiger partial charge in [0, 0.05) is 25.1 Å². The van der Waals surface area contributed by atoms with Gasteiger partial charge < -0.3 is 10.1 Å². The first-order valence-corrected chi connectivity index (χ1v) is 9.71. The van der Waals surface area contributed by atoms with Crippen molar-refractivity contribution < 1.29 is 14.3 Å². The number of carbonyl (C=O) groups excluding carboxylic acids is 2. The number of nitrogens with one attached hydrogen (secondary N) is 1. The predicted octanol–water partition coefficient (Wildman–Crippen LogP) is 3.68. The Kier molecular flexibility index (Phi) is 5.33. The van der Waals surface area contributed by atoms with Crippen LogP contribution in [0.3, 0.4) is 0 Å². The van der Waals surface area contributed by atoms with Crippen LogP contribution in [-0.4, -0.2) is 27.1 Å². The highest BCUT2D eigenvalue weighted by Crippen LogP contribution is 2.35. The molecule has 150 valence electrons. The molecule has 6 nitrogen and oxygen atoms in total. The minimum atomic E-state index is -0.169. The van der Waals surface area contributed by atoms with Crippen molar-refractivity contribution in [1.82, 2.24) is 15.1 Å². The molecule has 1 N–H and O–H groups in total. The lowest BCUT2D eigenvalue weighted by Gasteiger charge is -2.16. The second-order valence-electron chi connectivity index (χ2n) is 8.36. The van der Waals surface area contributed by atoms with Crippen molar-refractivity contribution in [3.63, 3.8) is 0 Å². The molecule has 0 saturated carbocycles. The minimum absolute atomic E-state index is 0.00154. The van der Waals surface area contributed by atoms with Gasteiger partial charge in [0.1, 0.15) is 11.4 Å². The number of Topliss-reactive ketones (excluding diaryl/α,β-unsaturated/α-hetero) is 1. The van der Waals surface area contributed by atoms with Gasteiger partial charge in [-0.05, 0) is 58.7 Å². The largest absolute Gasteiger partial charge is 0.487 e. The van der Waals surface area contributed by atoms with E-state index < -0.39 is 0 Å². The molecule has 0 bridgehead atoms. The molecule has 2 aromatic rings. The molecule has 0 radical (unpaired) electrons. The molecule has 2 heterocycles. The van der Waals surface area contributed by atoms with Gasteiger partial charge in [-0.3, -0.25) is 14.3 Å². The molecule has 1 amide bonds. The van der Waals surface area contributed by atoms with E-state index in [0.29, 0.717) is 24.2 Å². The lowest BCUT2D eigenvalue weighted by molar-refractivity contribution is -0.122. The summed E-state index contributed by atoms with van der Waals surface area (Å²) in [6.07, 6.45) is 1.18. The number of benzene rings is 1. The van der Waals surface area contributed by atoms with Gasteiger partial charge in [-0.1, -0.05) is 12.1 Å². The van der Waals surface area contributed by atoms with Gasteiger partial charge in [0.05, 0.1) is 17.3 Å². The fourth-order valence-electron chi connectivity index (χ4n) is 4.00. The SMILES string of the molecule is CC(=O)c1c(C)nn([C@H](C)CC(=O)NCc2ccc3c(c2)CC(C)(C)O3)c1C. The zero-order chi connectivity index (χ0) is 20.6. The lowest BCUT2D eigenvalue weighted by atomic mass is 10.0. The summed E-state index contributed by atoms with van der Waals surface area (Å²) in [6, 6.07) is 5.95. The maximum atomic E-state index is 12.4. The average Bonchev–Trinajstić information content (AvgIpc) is 3.06. The number of ketones is 1. The smallest absolute Gasteiger partial charge is 0.222 e. The molecule has 1 aliphatic heterocycles. The van der Waals surface area contributed by atoms with E-state index in [-0.39, 0.29) is 23.3 Å². The molecule has 6 heteroatoms. The van der Waals surface area contributed by atoms with Crippen LogP contribution in [0, 0.1) is 13.8 Å². The normalized spacial score (nSPS) is 15.6. The Hall–Kier alpha value is -2.63. The van der Waals surface area contributed by atoms with Crippen LogP contribution in [0.4, 0.5) is 0 Å². The number of carbonyl (C=O) groups is 2. The monoisotopic (exact) mass is 383 g/mol. The van der Waals surface area contributed by atoms with Crippen LogP contribution >= 0.6 is 0 Å². The van der Waals surface area contributed by atoms with Gasteiger partial charge in [-0.2, -0.15) is 5.10 Å². The van der Waals surface area contributed by atoms with E-state index in [0.717, 1.165) is 23.4 Å². The Morgan fingerprint density at radius 1 is 1.32 bits per heavy atom. The van der Waals surface area contributed by atoms with Crippen LogP contribution in [0.25, 0.3) is 0 Å². The Bertz CT molecular complexity index is 927. The Labute approximate surface area is 166 Å². The van der Waals surface area contributed by atoms with Gasteiger partial charge >= 0.3 is 0 Å². The van der Waals surface area contributed by atoms with E-state index in [1.54, 1.807) is 11.6 Å². The van der Waals surface area contributed by atoms with Gasteiger partial charge in [0.25, 0.3) is 0 Å². The molecule has 0 fully saturated rings. The zero-order valence-electron chi connectivity index (χ0n) is 17.5. The summed E-state index contributed by atoms with van der Waals surface area (Å²) in [4.78, 5) is 24.2. The van der Waals surface area contributed by atoms with E-state index in [9.17, 15) is 9.59 Å². The molecule has 28 heavy (non-hydrogen) atoms. The van der Waals surface area contributed by atoms with E-state index in [1.165, 1.54) is 5.56 Å². The zero-order valence-corrected chi connectivity index (χ0v) is 17.5. The van der Waals surface area contributed by atoms with Crippen molar-refractivity contribution in [2.45, 2.75) is 72.6 Å². The first-order valence-electron chi connectivity index (χ1n) is 9.71. The summed E-state index contributed by atoms with van der Waals surface area (Å²) in [5, 5.41) is 7.44. The van der Waals surface area contributed by atoms with Gasteiger partial charge in [0.15, 0.2) is 5.78 Å². The number of aryl methyl sites for hydroxylation is 1. The van der Waals surface area contributed by atoms with Crippen molar-refractivity contribution in [3.05, 3.63) is 46.3 Å². The van der Waals surface area contributed by atoms with Crippen LogP contribution in [0.1, 0.15) is 73.0 Å². The first-order chi connectivity index (χ1) is 13.1. The fraction of sp³-hybridized carbons (Fsp3) is 0.500. The first kappa shape index (κ1) is 20.1. The van der Waals surface area contributed by atoms with Gasteiger partial charge in [0.2, 0.25) is 5.91 Å². The molecule has 0 unspecified atom stereocenters. The number of rotatable bonds is 6. The van der Waals surface area contributed by atoms with E-state index in [1.807, 2.05) is 32.9 Å². The van der Waals surface area contributed by atoms with Crippen molar-refractivity contribution >= 4 is 11.7 Å². The molecule has 1 aromatic heterocycles. The molecular formula is C22H29N3O3. The lowest BCUT2D eigenvalue weighted by Crippen LogP contribution is -2.26. The number of nitrogens with zero attached hydrogens (tertiary/aromatic N) is 2. The Morgan fingerprint density at radius 3 is 2.68 bits per heavy atom. The van der Waals surface area contributed by atoms with E-state index in [2.05, 4.69) is 30.3 Å². The van der Waals surface area contributed by atoms with Crippen LogP contribution in [0.2, 0.25) is 0 Å². The van der Waals surface area contributed by atoms with Crippen LogP contribution in [-0.2, 0) is 17.8 Å². The topological polar surface area (TPSA) is 73.2 Å².